The molecule has 1 aliphatic rings. The number of rotatable bonds is 2. The molecule has 1 atom stereocenters. The van der Waals surface area contributed by atoms with Gasteiger partial charge in [-0.15, -0.1) is 0 Å². The third-order valence-electron chi connectivity index (χ3n) is 2.27. The van der Waals surface area contributed by atoms with Crippen molar-refractivity contribution in [3.63, 3.8) is 0 Å². The van der Waals surface area contributed by atoms with E-state index in [0.717, 1.165) is 11.3 Å². The van der Waals surface area contributed by atoms with Crippen LogP contribution in [0.25, 0.3) is 0 Å². The Bertz CT molecular complexity index is 291. The lowest BCUT2D eigenvalue weighted by Crippen LogP contribution is -2.34. The third-order valence-corrected chi connectivity index (χ3v) is 2.27. The zero-order valence-electron chi connectivity index (χ0n) is 8.55. The SMILES string of the molecule is CCOC(=O)C1(C)N=C(C)C=C1C. The fourth-order valence-electron chi connectivity index (χ4n) is 1.41. The van der Waals surface area contributed by atoms with Gasteiger partial charge in [0.25, 0.3) is 0 Å². The average molecular weight is 181 g/mol. The summed E-state index contributed by atoms with van der Waals surface area (Å²) < 4.78 is 4.96. The van der Waals surface area contributed by atoms with Crippen molar-refractivity contribution in [1.82, 2.24) is 0 Å². The van der Waals surface area contributed by atoms with Gasteiger partial charge in [-0.05, 0) is 39.3 Å². The van der Waals surface area contributed by atoms with Gasteiger partial charge in [0, 0.05) is 5.71 Å². The zero-order valence-corrected chi connectivity index (χ0v) is 8.55. The number of nitrogens with zero attached hydrogens (tertiary/aromatic N) is 1. The molecule has 1 heterocycles. The first kappa shape index (κ1) is 9.96. The Labute approximate surface area is 78.5 Å². The highest BCUT2D eigenvalue weighted by atomic mass is 16.5. The lowest BCUT2D eigenvalue weighted by atomic mass is 9.96. The van der Waals surface area contributed by atoms with Crippen LogP contribution in [0.4, 0.5) is 0 Å². The molecule has 1 unspecified atom stereocenters. The van der Waals surface area contributed by atoms with Gasteiger partial charge in [0.2, 0.25) is 0 Å². The number of aliphatic imine (C=N–C) groups is 1. The van der Waals surface area contributed by atoms with E-state index >= 15 is 0 Å². The minimum atomic E-state index is -0.778. The predicted molar refractivity (Wildman–Crippen MR) is 51.9 cm³/mol. The molecule has 0 aromatic rings. The van der Waals surface area contributed by atoms with Gasteiger partial charge in [-0.2, -0.15) is 0 Å². The average Bonchev–Trinajstić information content (AvgIpc) is 2.28. The minimum Gasteiger partial charge on any atom is -0.464 e. The first-order chi connectivity index (χ1) is 6.00. The van der Waals surface area contributed by atoms with Gasteiger partial charge in [0.1, 0.15) is 0 Å². The number of hydrogen-bond donors (Lipinski definition) is 0. The number of hydrogen-bond acceptors (Lipinski definition) is 3. The molecule has 0 spiro atoms. The number of carbonyl (C=O) groups is 1. The van der Waals surface area contributed by atoms with Crippen molar-refractivity contribution in [3.8, 4) is 0 Å². The summed E-state index contributed by atoms with van der Waals surface area (Å²) in [4.78, 5) is 15.8. The molecule has 0 bridgehead atoms. The highest BCUT2D eigenvalue weighted by molar-refractivity contribution is 6.02. The van der Waals surface area contributed by atoms with Crippen molar-refractivity contribution in [2.45, 2.75) is 33.2 Å². The van der Waals surface area contributed by atoms with Crippen molar-refractivity contribution in [1.29, 1.82) is 0 Å². The lowest BCUT2D eigenvalue weighted by molar-refractivity contribution is -0.147. The molecule has 3 heteroatoms. The molecule has 0 saturated heterocycles. The maximum absolute atomic E-state index is 11.6. The largest absolute Gasteiger partial charge is 0.464 e. The van der Waals surface area contributed by atoms with E-state index in [1.807, 2.05) is 19.9 Å². The van der Waals surface area contributed by atoms with E-state index in [0.29, 0.717) is 6.61 Å². The van der Waals surface area contributed by atoms with Crippen molar-refractivity contribution < 1.29 is 9.53 Å². The minimum absolute atomic E-state index is 0.263. The highest BCUT2D eigenvalue weighted by Crippen LogP contribution is 2.28. The Morgan fingerprint density at radius 1 is 1.62 bits per heavy atom. The summed E-state index contributed by atoms with van der Waals surface area (Å²) in [6, 6.07) is 0. The Morgan fingerprint density at radius 2 is 2.23 bits per heavy atom. The van der Waals surface area contributed by atoms with Gasteiger partial charge in [0.15, 0.2) is 5.54 Å². The normalized spacial score (nSPS) is 26.8. The molecule has 0 aromatic heterocycles. The van der Waals surface area contributed by atoms with Crippen LogP contribution in [0.15, 0.2) is 16.6 Å². The molecule has 0 aromatic carbocycles. The van der Waals surface area contributed by atoms with Crippen molar-refractivity contribution in [2.24, 2.45) is 4.99 Å². The monoisotopic (exact) mass is 181 g/mol. The topological polar surface area (TPSA) is 38.7 Å². The van der Waals surface area contributed by atoms with Crippen molar-refractivity contribution in [3.05, 3.63) is 11.6 Å². The van der Waals surface area contributed by atoms with Crippen LogP contribution < -0.4 is 0 Å². The quantitative estimate of drug-likeness (QED) is 0.608. The summed E-state index contributed by atoms with van der Waals surface area (Å²) in [5.41, 5.74) is 1.05. The Hall–Kier alpha value is -1.12. The standard InChI is InChI=1S/C10H15NO2/c1-5-13-9(12)10(4)7(2)6-8(3)11-10/h6H,5H2,1-4H3. The van der Waals surface area contributed by atoms with Gasteiger partial charge in [-0.3, -0.25) is 4.99 Å². The molecule has 72 valence electrons. The fraction of sp³-hybridized carbons (Fsp3) is 0.600. The van der Waals surface area contributed by atoms with Crippen LogP contribution in [-0.4, -0.2) is 23.8 Å². The molecule has 0 amide bonds. The zero-order chi connectivity index (χ0) is 10.1. The molecule has 0 aliphatic carbocycles. The third kappa shape index (κ3) is 1.64. The summed E-state index contributed by atoms with van der Waals surface area (Å²) in [5, 5.41) is 0. The van der Waals surface area contributed by atoms with Crippen LogP contribution in [0.1, 0.15) is 27.7 Å². The first-order valence-electron chi connectivity index (χ1n) is 4.43. The molecular formula is C10H15NO2. The first-order valence-corrected chi connectivity index (χ1v) is 4.43. The van der Waals surface area contributed by atoms with E-state index in [-0.39, 0.29) is 5.97 Å². The summed E-state index contributed by atoms with van der Waals surface area (Å²) in [6.45, 7) is 7.76. The van der Waals surface area contributed by atoms with Crippen LogP contribution in [-0.2, 0) is 9.53 Å². The van der Waals surface area contributed by atoms with Crippen LogP contribution in [0.3, 0.4) is 0 Å². The molecule has 0 radical (unpaired) electrons. The molecule has 13 heavy (non-hydrogen) atoms. The van der Waals surface area contributed by atoms with Gasteiger partial charge in [-0.1, -0.05) is 0 Å². The number of esters is 1. The van der Waals surface area contributed by atoms with Gasteiger partial charge in [-0.25, -0.2) is 4.79 Å². The van der Waals surface area contributed by atoms with Crippen LogP contribution in [0.5, 0.6) is 0 Å². The number of carbonyl (C=O) groups excluding carboxylic acids is 1. The Balaban J connectivity index is 2.90. The lowest BCUT2D eigenvalue weighted by Gasteiger charge is -2.20. The van der Waals surface area contributed by atoms with Crippen molar-refractivity contribution >= 4 is 11.7 Å². The molecular weight excluding hydrogens is 166 g/mol. The van der Waals surface area contributed by atoms with Crippen LogP contribution in [0, 0.1) is 0 Å². The van der Waals surface area contributed by atoms with E-state index < -0.39 is 5.54 Å². The predicted octanol–water partition coefficient (Wildman–Crippen LogP) is 1.73. The number of ether oxygens (including phenoxy) is 1. The summed E-state index contributed by atoms with van der Waals surface area (Å²) in [7, 11) is 0. The molecule has 0 fully saturated rings. The van der Waals surface area contributed by atoms with E-state index in [2.05, 4.69) is 4.99 Å². The van der Waals surface area contributed by atoms with E-state index in [1.54, 1.807) is 13.8 Å². The van der Waals surface area contributed by atoms with Crippen LogP contribution in [0.2, 0.25) is 0 Å². The molecule has 1 aliphatic heterocycles. The molecule has 1 rings (SSSR count). The summed E-state index contributed by atoms with van der Waals surface area (Å²) in [5.74, 6) is -0.263. The second kappa shape index (κ2) is 3.32. The van der Waals surface area contributed by atoms with Gasteiger partial charge < -0.3 is 4.74 Å². The Morgan fingerprint density at radius 3 is 2.62 bits per heavy atom. The second-order valence-corrected chi connectivity index (χ2v) is 3.37. The maximum Gasteiger partial charge on any atom is 0.338 e. The number of allylic oxidation sites excluding steroid dienone is 1. The van der Waals surface area contributed by atoms with E-state index in [9.17, 15) is 4.79 Å². The van der Waals surface area contributed by atoms with E-state index in [4.69, 9.17) is 4.74 Å². The highest BCUT2D eigenvalue weighted by Gasteiger charge is 2.38. The van der Waals surface area contributed by atoms with Gasteiger partial charge in [0.05, 0.1) is 6.61 Å². The fourth-order valence-corrected chi connectivity index (χ4v) is 1.41. The van der Waals surface area contributed by atoms with Gasteiger partial charge >= 0.3 is 5.97 Å². The Kier molecular flexibility index (Phi) is 2.55. The second-order valence-electron chi connectivity index (χ2n) is 3.37. The maximum atomic E-state index is 11.6. The van der Waals surface area contributed by atoms with Crippen molar-refractivity contribution in [2.75, 3.05) is 6.61 Å². The molecule has 0 saturated carbocycles. The smallest absolute Gasteiger partial charge is 0.338 e. The molecule has 3 nitrogen and oxygen atoms in total. The van der Waals surface area contributed by atoms with E-state index in [1.165, 1.54) is 0 Å². The summed E-state index contributed by atoms with van der Waals surface area (Å²) >= 11 is 0. The summed E-state index contributed by atoms with van der Waals surface area (Å²) in [6.07, 6.45) is 1.91. The van der Waals surface area contributed by atoms with Crippen LogP contribution >= 0.6 is 0 Å². The molecule has 0 N–H and O–H groups in total.